The van der Waals surface area contributed by atoms with Crippen LogP contribution in [0.25, 0.3) is 10.6 Å². The lowest BCUT2D eigenvalue weighted by Gasteiger charge is -2.29. The second kappa shape index (κ2) is 10.2. The molecule has 0 radical (unpaired) electrons. The van der Waals surface area contributed by atoms with E-state index in [9.17, 15) is 9.59 Å². The SMILES string of the molecule is Cc1cccc(-c2nnc(NC(=O)CN(C(=O)C[C@@H](C)CC(C)(C)C)C(C)C)s2)c1. The molecule has 1 atom stereocenters. The molecule has 0 saturated heterocycles. The molecule has 0 spiro atoms. The molecule has 30 heavy (non-hydrogen) atoms. The fourth-order valence-electron chi connectivity index (χ4n) is 3.57. The minimum Gasteiger partial charge on any atom is -0.331 e. The van der Waals surface area contributed by atoms with Gasteiger partial charge in [0.1, 0.15) is 11.6 Å². The Morgan fingerprint density at radius 1 is 1.17 bits per heavy atom. The third-order valence-corrected chi connectivity index (χ3v) is 5.57. The first-order valence-corrected chi connectivity index (χ1v) is 11.3. The van der Waals surface area contributed by atoms with Crippen LogP contribution >= 0.6 is 11.3 Å². The van der Waals surface area contributed by atoms with Crippen LogP contribution in [0.2, 0.25) is 0 Å². The molecule has 1 aromatic heterocycles. The molecule has 164 valence electrons. The predicted octanol–water partition coefficient (Wildman–Crippen LogP) is 5.15. The van der Waals surface area contributed by atoms with Gasteiger partial charge in [0.2, 0.25) is 16.9 Å². The topological polar surface area (TPSA) is 75.2 Å². The van der Waals surface area contributed by atoms with Gasteiger partial charge in [-0.3, -0.25) is 14.9 Å². The van der Waals surface area contributed by atoms with Crippen LogP contribution < -0.4 is 5.32 Å². The molecule has 7 heteroatoms. The maximum atomic E-state index is 12.8. The van der Waals surface area contributed by atoms with E-state index in [4.69, 9.17) is 0 Å². The van der Waals surface area contributed by atoms with Crippen LogP contribution in [0.5, 0.6) is 0 Å². The average molecular weight is 431 g/mol. The van der Waals surface area contributed by atoms with E-state index in [-0.39, 0.29) is 35.7 Å². The highest BCUT2D eigenvalue weighted by atomic mass is 32.1. The first-order chi connectivity index (χ1) is 13.9. The molecule has 6 nitrogen and oxygen atoms in total. The van der Waals surface area contributed by atoms with E-state index < -0.39 is 0 Å². The van der Waals surface area contributed by atoms with Crippen LogP contribution in [0.4, 0.5) is 5.13 Å². The first kappa shape index (κ1) is 24.0. The second-order valence-corrected chi connectivity index (χ2v) is 10.5. The molecule has 1 heterocycles. The third-order valence-electron chi connectivity index (χ3n) is 4.68. The monoisotopic (exact) mass is 430 g/mol. The summed E-state index contributed by atoms with van der Waals surface area (Å²) in [6, 6.07) is 7.94. The van der Waals surface area contributed by atoms with Crippen LogP contribution in [0.15, 0.2) is 24.3 Å². The van der Waals surface area contributed by atoms with Crippen molar-refractivity contribution in [3.8, 4) is 10.6 Å². The quantitative estimate of drug-likeness (QED) is 0.628. The number of anilines is 1. The van der Waals surface area contributed by atoms with Gasteiger partial charge in [-0.2, -0.15) is 0 Å². The standard InChI is InChI=1S/C23H34N4O2S/c1-15(2)27(20(29)12-17(4)13-23(5,6)7)14-19(28)24-22-26-25-21(30-22)18-10-8-9-16(3)11-18/h8-11,15,17H,12-14H2,1-7H3,(H,24,26,28)/t17-/m1/s1. The van der Waals surface area contributed by atoms with Crippen molar-refractivity contribution in [1.82, 2.24) is 15.1 Å². The molecule has 0 bridgehead atoms. The van der Waals surface area contributed by atoms with Crippen molar-refractivity contribution < 1.29 is 9.59 Å². The normalized spacial score (nSPS) is 12.7. The van der Waals surface area contributed by atoms with Gasteiger partial charge in [-0.1, -0.05) is 62.8 Å². The summed E-state index contributed by atoms with van der Waals surface area (Å²) in [5, 5.41) is 12.2. The van der Waals surface area contributed by atoms with Gasteiger partial charge >= 0.3 is 0 Å². The van der Waals surface area contributed by atoms with Crippen molar-refractivity contribution in [3.63, 3.8) is 0 Å². The third kappa shape index (κ3) is 7.52. The Morgan fingerprint density at radius 2 is 1.87 bits per heavy atom. The smallest absolute Gasteiger partial charge is 0.245 e. The average Bonchev–Trinajstić information content (AvgIpc) is 3.06. The Hall–Kier alpha value is -2.28. The van der Waals surface area contributed by atoms with Crippen LogP contribution in [0, 0.1) is 18.3 Å². The maximum absolute atomic E-state index is 12.8. The van der Waals surface area contributed by atoms with Crippen molar-refractivity contribution in [1.29, 1.82) is 0 Å². The highest BCUT2D eigenvalue weighted by Crippen LogP contribution is 2.28. The number of hydrogen-bond acceptors (Lipinski definition) is 5. The molecule has 0 fully saturated rings. The predicted molar refractivity (Wildman–Crippen MR) is 123 cm³/mol. The van der Waals surface area contributed by atoms with Crippen LogP contribution in [-0.2, 0) is 9.59 Å². The molecular weight excluding hydrogens is 396 g/mol. The second-order valence-electron chi connectivity index (χ2n) is 9.52. The molecule has 2 rings (SSSR count). The van der Waals surface area contributed by atoms with Crippen molar-refractivity contribution in [2.75, 3.05) is 11.9 Å². The van der Waals surface area contributed by atoms with Crippen molar-refractivity contribution in [3.05, 3.63) is 29.8 Å². The summed E-state index contributed by atoms with van der Waals surface area (Å²) < 4.78 is 0. The summed E-state index contributed by atoms with van der Waals surface area (Å²) in [5.41, 5.74) is 2.28. The van der Waals surface area contributed by atoms with E-state index in [0.29, 0.717) is 11.6 Å². The van der Waals surface area contributed by atoms with Gasteiger partial charge in [0.05, 0.1) is 0 Å². The zero-order valence-corrected chi connectivity index (χ0v) is 20.0. The highest BCUT2D eigenvalue weighted by Gasteiger charge is 2.24. The lowest BCUT2D eigenvalue weighted by Crippen LogP contribution is -2.43. The molecule has 1 N–H and O–H groups in total. The number of nitrogens with zero attached hydrogens (tertiary/aromatic N) is 3. The summed E-state index contributed by atoms with van der Waals surface area (Å²) in [5.74, 6) is 0.0175. The number of carbonyl (C=O) groups is 2. The largest absolute Gasteiger partial charge is 0.331 e. The lowest BCUT2D eigenvalue weighted by molar-refractivity contribution is -0.137. The van der Waals surface area contributed by atoms with Gasteiger partial charge in [0.25, 0.3) is 0 Å². The van der Waals surface area contributed by atoms with Gasteiger partial charge in [-0.25, -0.2) is 0 Å². The Labute approximate surface area is 184 Å². The zero-order valence-electron chi connectivity index (χ0n) is 19.2. The number of aromatic nitrogens is 2. The summed E-state index contributed by atoms with van der Waals surface area (Å²) in [6.45, 7) is 14.5. The molecular formula is C23H34N4O2S. The Kier molecular flexibility index (Phi) is 8.12. The highest BCUT2D eigenvalue weighted by molar-refractivity contribution is 7.18. The van der Waals surface area contributed by atoms with Crippen LogP contribution in [0.3, 0.4) is 0 Å². The Bertz CT molecular complexity index is 870. The van der Waals surface area contributed by atoms with E-state index in [1.807, 2.05) is 45.0 Å². The number of nitrogens with one attached hydrogen (secondary N) is 1. The van der Waals surface area contributed by atoms with E-state index in [1.165, 1.54) is 11.3 Å². The number of rotatable bonds is 8. The zero-order chi connectivity index (χ0) is 22.5. The fraction of sp³-hybridized carbons (Fsp3) is 0.565. The van der Waals surface area contributed by atoms with Crippen molar-refractivity contribution >= 4 is 28.3 Å². The maximum Gasteiger partial charge on any atom is 0.245 e. The van der Waals surface area contributed by atoms with Gasteiger partial charge in [0.15, 0.2) is 0 Å². The van der Waals surface area contributed by atoms with Crippen molar-refractivity contribution in [2.24, 2.45) is 11.3 Å². The van der Waals surface area contributed by atoms with Crippen LogP contribution in [-0.4, -0.2) is 39.5 Å². The molecule has 0 aliphatic rings. The molecule has 0 unspecified atom stereocenters. The molecule has 0 aliphatic heterocycles. The van der Waals surface area contributed by atoms with Gasteiger partial charge in [0, 0.05) is 18.0 Å². The van der Waals surface area contributed by atoms with E-state index >= 15 is 0 Å². The molecule has 0 aliphatic carbocycles. The molecule has 2 amide bonds. The molecule has 1 aromatic carbocycles. The number of amides is 2. The Morgan fingerprint density at radius 3 is 2.47 bits per heavy atom. The molecule has 2 aromatic rings. The summed E-state index contributed by atoms with van der Waals surface area (Å²) in [7, 11) is 0. The summed E-state index contributed by atoms with van der Waals surface area (Å²) in [4.78, 5) is 27.0. The number of aryl methyl sites for hydroxylation is 1. The minimum absolute atomic E-state index is 0.00890. The van der Waals surface area contributed by atoms with Crippen LogP contribution in [0.1, 0.15) is 59.9 Å². The first-order valence-electron chi connectivity index (χ1n) is 10.4. The lowest BCUT2D eigenvalue weighted by atomic mass is 9.84. The van der Waals surface area contributed by atoms with Gasteiger partial charge in [-0.15, -0.1) is 10.2 Å². The summed E-state index contributed by atoms with van der Waals surface area (Å²) >= 11 is 1.33. The Balaban J connectivity index is 1.98. The van der Waals surface area contributed by atoms with E-state index in [1.54, 1.807) is 4.90 Å². The minimum atomic E-state index is -0.257. The fourth-order valence-corrected chi connectivity index (χ4v) is 4.33. The molecule has 0 saturated carbocycles. The van der Waals surface area contributed by atoms with Gasteiger partial charge in [-0.05, 0) is 44.6 Å². The van der Waals surface area contributed by atoms with Gasteiger partial charge < -0.3 is 4.90 Å². The summed E-state index contributed by atoms with van der Waals surface area (Å²) in [6.07, 6.45) is 1.41. The van der Waals surface area contributed by atoms with E-state index in [2.05, 4.69) is 43.2 Å². The number of carbonyl (C=O) groups excluding carboxylic acids is 2. The van der Waals surface area contributed by atoms with E-state index in [0.717, 1.165) is 22.6 Å². The number of benzene rings is 1. The number of hydrogen-bond donors (Lipinski definition) is 1. The van der Waals surface area contributed by atoms with Crippen molar-refractivity contribution in [2.45, 2.75) is 67.3 Å².